The summed E-state index contributed by atoms with van der Waals surface area (Å²) in [4.78, 5) is 5.66. The molecule has 1 N–H and O–H groups in total. The van der Waals surface area contributed by atoms with Crippen molar-refractivity contribution >= 4 is 11.3 Å². The molecule has 1 aliphatic carbocycles. The highest BCUT2D eigenvalue weighted by Gasteiger charge is 2.31. The van der Waals surface area contributed by atoms with Crippen molar-refractivity contribution in [2.75, 3.05) is 0 Å². The molecule has 0 amide bonds. The fraction of sp³-hybridized carbons (Fsp3) is 0.786. The number of aryl methyl sites for hydroxylation is 1. The van der Waals surface area contributed by atoms with E-state index in [4.69, 9.17) is 0 Å². The summed E-state index contributed by atoms with van der Waals surface area (Å²) < 4.78 is 0. The van der Waals surface area contributed by atoms with E-state index >= 15 is 0 Å². The van der Waals surface area contributed by atoms with Crippen molar-refractivity contribution in [3.8, 4) is 0 Å². The Balaban J connectivity index is 1.84. The number of hydrogen-bond acceptors (Lipinski definition) is 3. The van der Waals surface area contributed by atoms with Gasteiger partial charge in [0.25, 0.3) is 0 Å². The van der Waals surface area contributed by atoms with Crippen LogP contribution in [0.5, 0.6) is 0 Å². The number of rotatable bonds is 3. The van der Waals surface area contributed by atoms with Crippen LogP contribution in [-0.2, 0) is 6.54 Å². The normalized spacial score (nSPS) is 28.2. The van der Waals surface area contributed by atoms with E-state index in [2.05, 4.69) is 38.0 Å². The molecule has 0 radical (unpaired) electrons. The van der Waals surface area contributed by atoms with Gasteiger partial charge in [0, 0.05) is 23.7 Å². The molecule has 96 valence electrons. The SMILES string of the molecule is Cc1ncc(CNC2CCC(C)(C)CC2C)s1. The molecule has 0 aromatic carbocycles. The minimum absolute atomic E-state index is 0.540. The molecule has 17 heavy (non-hydrogen) atoms. The van der Waals surface area contributed by atoms with E-state index in [0.717, 1.165) is 12.5 Å². The van der Waals surface area contributed by atoms with Crippen molar-refractivity contribution in [1.29, 1.82) is 0 Å². The third kappa shape index (κ3) is 3.52. The topological polar surface area (TPSA) is 24.9 Å². The number of nitrogens with zero attached hydrogens (tertiary/aromatic N) is 1. The molecule has 1 aromatic heterocycles. The van der Waals surface area contributed by atoms with Crippen LogP contribution in [0.4, 0.5) is 0 Å². The van der Waals surface area contributed by atoms with Crippen LogP contribution in [0, 0.1) is 18.3 Å². The molecule has 0 saturated heterocycles. The molecule has 0 bridgehead atoms. The maximum absolute atomic E-state index is 4.30. The van der Waals surface area contributed by atoms with Gasteiger partial charge in [-0.2, -0.15) is 0 Å². The third-order valence-electron chi connectivity index (χ3n) is 3.90. The van der Waals surface area contributed by atoms with Crippen LogP contribution in [0.1, 0.15) is 49.9 Å². The van der Waals surface area contributed by atoms with Gasteiger partial charge in [-0.3, -0.25) is 0 Å². The Labute approximate surface area is 109 Å². The molecule has 0 spiro atoms. The molecule has 1 aliphatic rings. The van der Waals surface area contributed by atoms with Gasteiger partial charge in [-0.25, -0.2) is 4.98 Å². The van der Waals surface area contributed by atoms with E-state index in [-0.39, 0.29) is 0 Å². The summed E-state index contributed by atoms with van der Waals surface area (Å²) in [5.41, 5.74) is 0.540. The smallest absolute Gasteiger partial charge is 0.0897 e. The van der Waals surface area contributed by atoms with Crippen LogP contribution < -0.4 is 5.32 Å². The summed E-state index contributed by atoms with van der Waals surface area (Å²) in [5.74, 6) is 0.785. The summed E-state index contributed by atoms with van der Waals surface area (Å²) >= 11 is 1.80. The van der Waals surface area contributed by atoms with Gasteiger partial charge in [-0.05, 0) is 37.5 Å². The summed E-state index contributed by atoms with van der Waals surface area (Å²) in [7, 11) is 0. The molecule has 1 heterocycles. The fourth-order valence-electron chi connectivity index (χ4n) is 2.97. The zero-order chi connectivity index (χ0) is 12.5. The fourth-order valence-corrected chi connectivity index (χ4v) is 3.71. The van der Waals surface area contributed by atoms with Gasteiger partial charge in [0.1, 0.15) is 0 Å². The van der Waals surface area contributed by atoms with E-state index in [1.165, 1.54) is 29.1 Å². The van der Waals surface area contributed by atoms with Crippen molar-refractivity contribution in [2.45, 2.75) is 59.5 Å². The molecule has 1 fully saturated rings. The Kier molecular flexibility index (Phi) is 3.88. The summed E-state index contributed by atoms with van der Waals surface area (Å²) in [6.07, 6.45) is 6.00. The van der Waals surface area contributed by atoms with Crippen molar-refractivity contribution in [3.05, 3.63) is 16.1 Å². The summed E-state index contributed by atoms with van der Waals surface area (Å²) in [6, 6.07) is 0.686. The molecular weight excluding hydrogens is 228 g/mol. The predicted molar refractivity (Wildman–Crippen MR) is 74.3 cm³/mol. The summed E-state index contributed by atoms with van der Waals surface area (Å²) in [5, 5.41) is 4.88. The second-order valence-electron chi connectivity index (χ2n) is 6.22. The second kappa shape index (κ2) is 5.07. The Morgan fingerprint density at radius 1 is 1.53 bits per heavy atom. The quantitative estimate of drug-likeness (QED) is 0.886. The molecular formula is C14H24N2S. The first-order chi connectivity index (χ1) is 7.96. The maximum atomic E-state index is 4.30. The lowest BCUT2D eigenvalue weighted by molar-refractivity contribution is 0.148. The van der Waals surface area contributed by atoms with Crippen LogP contribution in [0.3, 0.4) is 0 Å². The van der Waals surface area contributed by atoms with Crippen molar-refractivity contribution < 1.29 is 0 Å². The van der Waals surface area contributed by atoms with E-state index in [9.17, 15) is 0 Å². The van der Waals surface area contributed by atoms with Crippen molar-refractivity contribution in [1.82, 2.24) is 10.3 Å². The molecule has 2 nitrogen and oxygen atoms in total. The van der Waals surface area contributed by atoms with Crippen LogP contribution >= 0.6 is 11.3 Å². The van der Waals surface area contributed by atoms with Crippen molar-refractivity contribution in [3.63, 3.8) is 0 Å². The van der Waals surface area contributed by atoms with Crippen LogP contribution in [0.2, 0.25) is 0 Å². The zero-order valence-electron chi connectivity index (χ0n) is 11.4. The molecule has 3 heteroatoms. The average Bonchev–Trinajstić information content (AvgIpc) is 2.62. The maximum Gasteiger partial charge on any atom is 0.0897 e. The van der Waals surface area contributed by atoms with Gasteiger partial charge in [-0.1, -0.05) is 20.8 Å². The highest BCUT2D eigenvalue weighted by Crippen LogP contribution is 2.38. The first-order valence-corrected chi connectivity index (χ1v) is 7.43. The minimum atomic E-state index is 0.540. The highest BCUT2D eigenvalue weighted by atomic mass is 32.1. The van der Waals surface area contributed by atoms with E-state index in [0.29, 0.717) is 11.5 Å². The first-order valence-electron chi connectivity index (χ1n) is 6.61. The highest BCUT2D eigenvalue weighted by molar-refractivity contribution is 7.11. The van der Waals surface area contributed by atoms with Gasteiger partial charge in [0.05, 0.1) is 5.01 Å². The van der Waals surface area contributed by atoms with E-state index in [1.807, 2.05) is 6.20 Å². The monoisotopic (exact) mass is 252 g/mol. The zero-order valence-corrected chi connectivity index (χ0v) is 12.2. The van der Waals surface area contributed by atoms with E-state index in [1.54, 1.807) is 11.3 Å². The Morgan fingerprint density at radius 2 is 2.29 bits per heavy atom. The van der Waals surface area contributed by atoms with Gasteiger partial charge in [-0.15, -0.1) is 11.3 Å². The minimum Gasteiger partial charge on any atom is -0.309 e. The van der Waals surface area contributed by atoms with E-state index < -0.39 is 0 Å². The Hall–Kier alpha value is -0.410. The molecule has 0 aliphatic heterocycles. The number of hydrogen-bond donors (Lipinski definition) is 1. The largest absolute Gasteiger partial charge is 0.309 e. The van der Waals surface area contributed by atoms with Crippen LogP contribution in [0.15, 0.2) is 6.20 Å². The molecule has 2 atom stereocenters. The number of aromatic nitrogens is 1. The number of thiazole rings is 1. The predicted octanol–water partition coefficient (Wildman–Crippen LogP) is 3.76. The lowest BCUT2D eigenvalue weighted by atomic mass is 9.70. The number of nitrogens with one attached hydrogen (secondary N) is 1. The summed E-state index contributed by atoms with van der Waals surface area (Å²) in [6.45, 7) is 10.2. The lowest BCUT2D eigenvalue weighted by Gasteiger charge is -2.39. The first kappa shape index (κ1) is 13.0. The molecule has 2 unspecified atom stereocenters. The molecule has 1 saturated carbocycles. The Morgan fingerprint density at radius 3 is 2.88 bits per heavy atom. The van der Waals surface area contributed by atoms with Gasteiger partial charge in [0.2, 0.25) is 0 Å². The van der Waals surface area contributed by atoms with Gasteiger partial charge < -0.3 is 5.32 Å². The second-order valence-corrected chi connectivity index (χ2v) is 7.54. The van der Waals surface area contributed by atoms with Crippen LogP contribution in [-0.4, -0.2) is 11.0 Å². The lowest BCUT2D eigenvalue weighted by Crippen LogP contribution is -2.41. The molecule has 1 aromatic rings. The third-order valence-corrected chi connectivity index (χ3v) is 4.81. The van der Waals surface area contributed by atoms with Crippen molar-refractivity contribution in [2.24, 2.45) is 11.3 Å². The van der Waals surface area contributed by atoms with Crippen LogP contribution in [0.25, 0.3) is 0 Å². The van der Waals surface area contributed by atoms with Gasteiger partial charge in [0.15, 0.2) is 0 Å². The average molecular weight is 252 g/mol. The Bertz CT molecular complexity index is 370. The standard InChI is InChI=1S/C14H24N2S/c1-10-7-14(3,4)6-5-13(10)16-9-12-8-15-11(2)17-12/h8,10,13,16H,5-7,9H2,1-4H3. The van der Waals surface area contributed by atoms with Gasteiger partial charge >= 0.3 is 0 Å². The molecule has 2 rings (SSSR count).